The third-order valence-electron chi connectivity index (χ3n) is 4.04. The molecule has 1 saturated heterocycles. The summed E-state index contributed by atoms with van der Waals surface area (Å²) in [5.74, 6) is -1.88. The quantitative estimate of drug-likeness (QED) is 0.707. The van der Waals surface area contributed by atoms with Gasteiger partial charge in [-0.25, -0.2) is 9.18 Å². The Kier molecular flexibility index (Phi) is 5.85. The summed E-state index contributed by atoms with van der Waals surface area (Å²) in [6, 6.07) is 9.85. The molecule has 0 saturated carbocycles. The normalized spacial score (nSPS) is 15.9. The number of carbonyl (C=O) groups is 3. The van der Waals surface area contributed by atoms with Crippen molar-refractivity contribution in [1.29, 1.82) is 0 Å². The second-order valence-corrected chi connectivity index (χ2v) is 6.97. The lowest BCUT2D eigenvalue weighted by Crippen LogP contribution is -2.30. The average molecular weight is 435 g/mol. The third-order valence-corrected chi connectivity index (χ3v) is 4.53. The first kappa shape index (κ1) is 19.0. The molecule has 8 heteroatoms. The van der Waals surface area contributed by atoms with Crippen LogP contribution in [0.5, 0.6) is 0 Å². The van der Waals surface area contributed by atoms with Crippen LogP contribution in [0.2, 0.25) is 0 Å². The molecule has 2 N–H and O–H groups in total. The van der Waals surface area contributed by atoms with E-state index in [-0.39, 0.29) is 29.8 Å². The number of hydrogen-bond donors (Lipinski definition) is 2. The first-order chi connectivity index (χ1) is 12.9. The number of nitrogens with one attached hydrogen (secondary N) is 2. The maximum Gasteiger partial charge on any atom is 0.340 e. The molecule has 6 nitrogen and oxygen atoms in total. The summed E-state index contributed by atoms with van der Waals surface area (Å²) >= 11 is 3.28. The van der Waals surface area contributed by atoms with Gasteiger partial charge >= 0.3 is 5.97 Å². The lowest BCUT2D eigenvalue weighted by atomic mass is 10.1. The van der Waals surface area contributed by atoms with Gasteiger partial charge in [-0.1, -0.05) is 22.0 Å². The number of ether oxygens (including phenoxy) is 1. The van der Waals surface area contributed by atoms with Gasteiger partial charge in [-0.2, -0.15) is 0 Å². The molecule has 1 fully saturated rings. The number of benzene rings is 2. The minimum atomic E-state index is -0.708. The molecular weight excluding hydrogens is 419 g/mol. The van der Waals surface area contributed by atoms with Crippen LogP contribution in [0.25, 0.3) is 0 Å². The maximum absolute atomic E-state index is 13.6. The van der Waals surface area contributed by atoms with Crippen molar-refractivity contribution >= 4 is 39.4 Å². The number of hydrogen-bond acceptors (Lipinski definition) is 4. The van der Waals surface area contributed by atoms with E-state index in [1.54, 1.807) is 24.3 Å². The van der Waals surface area contributed by atoms with Crippen LogP contribution in [0.15, 0.2) is 46.9 Å². The van der Waals surface area contributed by atoms with Gasteiger partial charge in [-0.3, -0.25) is 9.59 Å². The molecule has 0 bridgehead atoms. The van der Waals surface area contributed by atoms with Gasteiger partial charge < -0.3 is 15.4 Å². The van der Waals surface area contributed by atoms with E-state index in [2.05, 4.69) is 26.6 Å². The van der Waals surface area contributed by atoms with E-state index >= 15 is 0 Å². The molecule has 0 aliphatic carbocycles. The second kappa shape index (κ2) is 8.30. The summed E-state index contributed by atoms with van der Waals surface area (Å²) in [7, 11) is 0. The van der Waals surface area contributed by atoms with Crippen molar-refractivity contribution in [3.63, 3.8) is 0 Å². The van der Waals surface area contributed by atoms with E-state index < -0.39 is 17.7 Å². The molecule has 1 aliphatic rings. The Hall–Kier alpha value is -2.74. The van der Waals surface area contributed by atoms with Crippen molar-refractivity contribution in [1.82, 2.24) is 5.32 Å². The number of carbonyl (C=O) groups excluding carboxylic acids is 3. The Labute approximate surface area is 163 Å². The molecule has 2 aromatic rings. The number of halogens is 2. The van der Waals surface area contributed by atoms with Gasteiger partial charge in [-0.05, 0) is 42.8 Å². The molecule has 0 aromatic heterocycles. The van der Waals surface area contributed by atoms with Crippen molar-refractivity contribution in [2.75, 3.05) is 11.9 Å². The van der Waals surface area contributed by atoms with Gasteiger partial charge in [0.2, 0.25) is 5.91 Å². The fourth-order valence-electron chi connectivity index (χ4n) is 2.68. The summed E-state index contributed by atoms with van der Waals surface area (Å²) in [5.41, 5.74) is 0.395. The Morgan fingerprint density at radius 2 is 2.07 bits per heavy atom. The highest BCUT2D eigenvalue weighted by Gasteiger charge is 2.23. The van der Waals surface area contributed by atoms with Gasteiger partial charge in [0.05, 0.1) is 17.3 Å². The van der Waals surface area contributed by atoms with Gasteiger partial charge in [0.15, 0.2) is 0 Å². The van der Waals surface area contributed by atoms with E-state index in [1.807, 2.05) is 0 Å². The van der Waals surface area contributed by atoms with Gasteiger partial charge in [0.1, 0.15) is 12.4 Å². The number of rotatable bonds is 5. The van der Waals surface area contributed by atoms with Crippen LogP contribution in [-0.4, -0.2) is 30.4 Å². The SMILES string of the molecule is O=C1CCC(COC(=O)c2ccc(F)cc2NC(=O)c2cccc(Br)c2)N1. The summed E-state index contributed by atoms with van der Waals surface area (Å²) in [5, 5.41) is 5.23. The van der Waals surface area contributed by atoms with Crippen molar-refractivity contribution < 1.29 is 23.5 Å². The van der Waals surface area contributed by atoms with Crippen LogP contribution in [0, 0.1) is 5.82 Å². The van der Waals surface area contributed by atoms with Crippen molar-refractivity contribution in [3.8, 4) is 0 Å². The Bertz CT molecular complexity index is 903. The van der Waals surface area contributed by atoms with E-state index in [9.17, 15) is 18.8 Å². The van der Waals surface area contributed by atoms with Gasteiger partial charge in [0.25, 0.3) is 5.91 Å². The third kappa shape index (κ3) is 4.91. The summed E-state index contributed by atoms with van der Waals surface area (Å²) < 4.78 is 19.6. The zero-order chi connectivity index (χ0) is 19.4. The molecule has 2 amide bonds. The van der Waals surface area contributed by atoms with E-state index in [4.69, 9.17) is 4.74 Å². The molecule has 3 rings (SSSR count). The molecular formula is C19H16BrFN2O4. The van der Waals surface area contributed by atoms with Gasteiger partial charge in [0, 0.05) is 16.5 Å². The molecule has 0 spiro atoms. The number of esters is 1. The van der Waals surface area contributed by atoms with Crippen molar-refractivity contribution in [2.24, 2.45) is 0 Å². The lowest BCUT2D eigenvalue weighted by Gasteiger charge is -2.14. The van der Waals surface area contributed by atoms with Crippen molar-refractivity contribution in [3.05, 3.63) is 63.9 Å². The smallest absolute Gasteiger partial charge is 0.340 e. The highest BCUT2D eigenvalue weighted by molar-refractivity contribution is 9.10. The van der Waals surface area contributed by atoms with Crippen LogP contribution in [0.4, 0.5) is 10.1 Å². The van der Waals surface area contributed by atoms with Gasteiger partial charge in [-0.15, -0.1) is 0 Å². The number of anilines is 1. The first-order valence-corrected chi connectivity index (χ1v) is 9.04. The van der Waals surface area contributed by atoms with E-state index in [0.717, 1.165) is 12.1 Å². The molecule has 27 heavy (non-hydrogen) atoms. The fraction of sp³-hybridized carbons (Fsp3) is 0.211. The monoisotopic (exact) mass is 434 g/mol. The minimum Gasteiger partial charge on any atom is -0.460 e. The molecule has 1 heterocycles. The van der Waals surface area contributed by atoms with E-state index in [1.165, 1.54) is 6.07 Å². The topological polar surface area (TPSA) is 84.5 Å². The predicted molar refractivity (Wildman–Crippen MR) is 99.9 cm³/mol. The Balaban J connectivity index is 1.73. The maximum atomic E-state index is 13.6. The molecule has 1 unspecified atom stereocenters. The summed E-state index contributed by atoms with van der Waals surface area (Å²) in [6.07, 6.45) is 0.981. The fourth-order valence-corrected chi connectivity index (χ4v) is 3.08. The Morgan fingerprint density at radius 3 is 2.78 bits per heavy atom. The second-order valence-electron chi connectivity index (χ2n) is 6.06. The lowest BCUT2D eigenvalue weighted by molar-refractivity contribution is -0.119. The van der Waals surface area contributed by atoms with Crippen molar-refractivity contribution in [2.45, 2.75) is 18.9 Å². The van der Waals surface area contributed by atoms with Crippen LogP contribution in [0.3, 0.4) is 0 Å². The molecule has 0 radical (unpaired) electrons. The minimum absolute atomic E-state index is 0.0143. The standard InChI is InChI=1S/C19H16BrFN2O4/c20-12-3-1-2-11(8-12)18(25)23-16-9-13(21)4-6-15(16)19(26)27-10-14-5-7-17(24)22-14/h1-4,6,8-9,14H,5,7,10H2,(H,22,24)(H,23,25). The summed E-state index contributed by atoms with van der Waals surface area (Å²) in [6.45, 7) is 0.0148. The van der Waals surface area contributed by atoms with Crippen LogP contribution < -0.4 is 10.6 Å². The molecule has 1 aliphatic heterocycles. The molecule has 2 aromatic carbocycles. The summed E-state index contributed by atoms with van der Waals surface area (Å²) in [4.78, 5) is 36.0. The number of amides is 2. The highest BCUT2D eigenvalue weighted by Crippen LogP contribution is 2.21. The van der Waals surface area contributed by atoms with Crippen LogP contribution in [0.1, 0.15) is 33.6 Å². The zero-order valence-electron chi connectivity index (χ0n) is 14.1. The largest absolute Gasteiger partial charge is 0.460 e. The van der Waals surface area contributed by atoms with Crippen LogP contribution >= 0.6 is 15.9 Å². The first-order valence-electron chi connectivity index (χ1n) is 8.25. The highest BCUT2D eigenvalue weighted by atomic mass is 79.9. The molecule has 140 valence electrons. The van der Waals surface area contributed by atoms with Crippen LogP contribution in [-0.2, 0) is 9.53 Å². The average Bonchev–Trinajstić information content (AvgIpc) is 3.05. The molecule has 1 atom stereocenters. The zero-order valence-corrected chi connectivity index (χ0v) is 15.7. The Morgan fingerprint density at radius 1 is 1.26 bits per heavy atom. The predicted octanol–water partition coefficient (Wildman–Crippen LogP) is 3.28. The van der Waals surface area contributed by atoms with E-state index in [0.29, 0.717) is 22.9 Å².